The van der Waals surface area contributed by atoms with Crippen molar-refractivity contribution >= 4 is 58.7 Å². The van der Waals surface area contributed by atoms with Crippen molar-refractivity contribution in [1.82, 2.24) is 26.2 Å². The smallest absolute Gasteiger partial charge is 0.408 e. The van der Waals surface area contributed by atoms with Gasteiger partial charge in [0.2, 0.25) is 23.5 Å². The predicted octanol–water partition coefficient (Wildman–Crippen LogP) is 4.31. The van der Waals surface area contributed by atoms with E-state index >= 15 is 0 Å². The van der Waals surface area contributed by atoms with Gasteiger partial charge < -0.3 is 30.9 Å². The number of alkyl halides is 2. The Morgan fingerprint density at radius 3 is 2.11 bits per heavy atom. The van der Waals surface area contributed by atoms with E-state index in [1.807, 2.05) is 20.8 Å². The van der Waals surface area contributed by atoms with Gasteiger partial charge in [-0.3, -0.25) is 24.0 Å². The molecule has 3 atom stereocenters. The molecule has 1 aliphatic carbocycles. The van der Waals surface area contributed by atoms with Gasteiger partial charge in [0.25, 0.3) is 5.91 Å². The van der Waals surface area contributed by atoms with Crippen molar-refractivity contribution in [3.05, 3.63) is 12.7 Å². The van der Waals surface area contributed by atoms with E-state index in [4.69, 9.17) is 27.9 Å². The summed E-state index contributed by atoms with van der Waals surface area (Å²) in [6.07, 6.45) is 6.91. The molecule has 1 unspecified atom stereocenters. The van der Waals surface area contributed by atoms with Crippen LogP contribution in [0.4, 0.5) is 4.79 Å². The Balaban J connectivity index is 0.00000354. The van der Waals surface area contributed by atoms with Crippen molar-refractivity contribution in [3.8, 4) is 0 Å². The highest BCUT2D eigenvalue weighted by molar-refractivity contribution is 6.40. The van der Waals surface area contributed by atoms with Gasteiger partial charge in [-0.05, 0) is 86.0 Å². The second-order valence-electron chi connectivity index (χ2n) is 13.9. The average molecular weight is 705 g/mol. The molecule has 47 heavy (non-hydrogen) atoms. The number of ether oxygens (including phenoxy) is 1. The van der Waals surface area contributed by atoms with Gasteiger partial charge in [-0.2, -0.15) is 0 Å². The summed E-state index contributed by atoms with van der Waals surface area (Å²) in [4.78, 5) is 79.4. The van der Waals surface area contributed by atoms with E-state index in [2.05, 4.69) is 27.8 Å². The zero-order chi connectivity index (χ0) is 35.8. The number of hydrogen-bond acceptors (Lipinski definition) is 7. The summed E-state index contributed by atoms with van der Waals surface area (Å²) in [5, 5.41) is 10.9. The van der Waals surface area contributed by atoms with Crippen molar-refractivity contribution in [1.29, 1.82) is 0 Å². The largest absolute Gasteiger partial charge is 0.444 e. The second-order valence-corrected chi connectivity index (χ2v) is 14.7. The van der Waals surface area contributed by atoms with Crippen LogP contribution >= 0.6 is 23.2 Å². The van der Waals surface area contributed by atoms with Gasteiger partial charge in [0, 0.05) is 25.0 Å². The Labute approximate surface area is 289 Å². The molecular formula is C33H55Cl2N5O7. The molecule has 1 heterocycles. The SMILES string of the molecule is C=CCCC(NC(=O)[C@@H]1CCCN1C(=O)[C@@H](NC(=O)OC(C)(C)C)C1CCCCC1)C(=O)C(=O)NCCC(=O)NC(C)(C)C.ClCCl. The number of halogens is 2. The topological polar surface area (TPSA) is 163 Å². The number of allylic oxidation sites excluding steroid dienone is 1. The Hall–Kier alpha value is -2.86. The lowest BCUT2D eigenvalue weighted by atomic mass is 9.83. The van der Waals surface area contributed by atoms with Crippen LogP contribution in [0.5, 0.6) is 0 Å². The number of rotatable bonds is 13. The molecule has 1 saturated heterocycles. The summed E-state index contributed by atoms with van der Waals surface area (Å²) in [7, 11) is 0. The number of nitrogens with zero attached hydrogens (tertiary/aromatic N) is 1. The van der Waals surface area contributed by atoms with Gasteiger partial charge in [-0.1, -0.05) is 25.3 Å². The highest BCUT2D eigenvalue weighted by atomic mass is 35.5. The fourth-order valence-corrected chi connectivity index (χ4v) is 5.60. The Morgan fingerprint density at radius 2 is 1.55 bits per heavy atom. The lowest BCUT2D eigenvalue weighted by molar-refractivity contribution is -0.143. The molecule has 2 fully saturated rings. The van der Waals surface area contributed by atoms with Crippen LogP contribution in [0.2, 0.25) is 0 Å². The number of hydrogen-bond donors (Lipinski definition) is 4. The van der Waals surface area contributed by atoms with Crippen LogP contribution in [0.25, 0.3) is 0 Å². The number of carbonyl (C=O) groups is 6. The molecule has 0 aromatic heterocycles. The van der Waals surface area contributed by atoms with Gasteiger partial charge in [0.1, 0.15) is 17.7 Å². The fourth-order valence-electron chi connectivity index (χ4n) is 5.60. The van der Waals surface area contributed by atoms with Gasteiger partial charge >= 0.3 is 6.09 Å². The van der Waals surface area contributed by atoms with Crippen LogP contribution in [0.3, 0.4) is 0 Å². The molecule has 1 aliphatic heterocycles. The zero-order valence-electron chi connectivity index (χ0n) is 28.8. The molecule has 2 aliphatic rings. The van der Waals surface area contributed by atoms with Crippen molar-refractivity contribution in [2.24, 2.45) is 5.92 Å². The molecule has 2 rings (SSSR count). The molecule has 14 heteroatoms. The Bertz CT molecular complexity index is 1080. The predicted molar refractivity (Wildman–Crippen MR) is 183 cm³/mol. The first-order chi connectivity index (χ1) is 21.9. The van der Waals surface area contributed by atoms with Crippen molar-refractivity contribution in [2.75, 3.05) is 18.4 Å². The normalized spacial score (nSPS) is 18.0. The van der Waals surface area contributed by atoms with Gasteiger partial charge in [-0.25, -0.2) is 4.79 Å². The summed E-state index contributed by atoms with van der Waals surface area (Å²) in [6.45, 7) is 14.7. The van der Waals surface area contributed by atoms with E-state index in [0.29, 0.717) is 25.8 Å². The summed E-state index contributed by atoms with van der Waals surface area (Å²) < 4.78 is 5.44. The minimum Gasteiger partial charge on any atom is -0.444 e. The Morgan fingerprint density at radius 1 is 0.936 bits per heavy atom. The lowest BCUT2D eigenvalue weighted by Gasteiger charge is -2.35. The molecule has 12 nitrogen and oxygen atoms in total. The van der Waals surface area contributed by atoms with Crippen molar-refractivity contribution in [3.63, 3.8) is 0 Å². The lowest BCUT2D eigenvalue weighted by Crippen LogP contribution is -2.58. The fraction of sp³-hybridized carbons (Fsp3) is 0.758. The third-order valence-electron chi connectivity index (χ3n) is 7.57. The molecule has 0 aromatic rings. The summed E-state index contributed by atoms with van der Waals surface area (Å²) in [6, 6.07) is -2.81. The van der Waals surface area contributed by atoms with Crippen LogP contribution in [-0.2, 0) is 28.7 Å². The molecule has 0 radical (unpaired) electrons. The van der Waals surface area contributed by atoms with E-state index in [0.717, 1.165) is 32.1 Å². The number of carbonyl (C=O) groups excluding carboxylic acids is 6. The quantitative estimate of drug-likeness (QED) is 0.126. The first-order valence-corrected chi connectivity index (χ1v) is 17.5. The molecule has 268 valence electrons. The average Bonchev–Trinajstić information content (AvgIpc) is 3.46. The maximum Gasteiger partial charge on any atom is 0.408 e. The van der Waals surface area contributed by atoms with Crippen LogP contribution in [-0.4, -0.2) is 88.1 Å². The van der Waals surface area contributed by atoms with Gasteiger partial charge in [0.05, 0.1) is 11.4 Å². The maximum absolute atomic E-state index is 13.9. The standard InChI is InChI=1S/C32H53N5O7.CH2Cl2/c1-8-9-16-22(26(39)28(41)33-19-18-24(38)36-31(2,3)4)34-27(40)23-17-13-20-37(23)29(42)25(21-14-11-10-12-15-21)35-30(43)44-32(5,6)7;2-1-3/h8,21-23,25H,1,9-20H2,2-7H3,(H,33,41)(H,34,40)(H,35,43)(H,36,38);1H2/t22?,23-,25-;/m0./s1. The molecular weight excluding hydrogens is 649 g/mol. The van der Waals surface area contributed by atoms with E-state index < -0.39 is 53.0 Å². The highest BCUT2D eigenvalue weighted by Crippen LogP contribution is 2.29. The molecule has 0 spiro atoms. The van der Waals surface area contributed by atoms with Crippen LogP contribution in [0, 0.1) is 5.92 Å². The number of likely N-dealkylation sites (tertiary alicyclic amines) is 1. The number of alkyl carbamates (subject to hydrolysis) is 1. The van der Waals surface area contributed by atoms with Crippen LogP contribution in [0.1, 0.15) is 106 Å². The number of Topliss-reactive ketones (excluding diaryl/α,β-unsaturated/α-hetero) is 1. The van der Waals surface area contributed by atoms with Crippen LogP contribution < -0.4 is 21.3 Å². The van der Waals surface area contributed by atoms with Crippen LogP contribution in [0.15, 0.2) is 12.7 Å². The molecule has 5 amide bonds. The second kappa shape index (κ2) is 20.5. The minimum absolute atomic E-state index is 0.00138. The highest BCUT2D eigenvalue weighted by Gasteiger charge is 2.42. The minimum atomic E-state index is -1.13. The van der Waals surface area contributed by atoms with Gasteiger partial charge in [0.15, 0.2) is 0 Å². The summed E-state index contributed by atoms with van der Waals surface area (Å²) in [5.74, 6) is -2.96. The summed E-state index contributed by atoms with van der Waals surface area (Å²) >= 11 is 9.53. The van der Waals surface area contributed by atoms with E-state index in [-0.39, 0.29) is 42.5 Å². The monoisotopic (exact) mass is 703 g/mol. The van der Waals surface area contributed by atoms with Gasteiger partial charge in [-0.15, -0.1) is 29.8 Å². The summed E-state index contributed by atoms with van der Waals surface area (Å²) in [5.41, 5.74) is -1.16. The molecule has 0 bridgehead atoms. The van der Waals surface area contributed by atoms with E-state index in [1.54, 1.807) is 26.8 Å². The number of nitrogens with one attached hydrogen (secondary N) is 4. The third kappa shape index (κ3) is 16.2. The van der Waals surface area contributed by atoms with Crippen molar-refractivity contribution in [2.45, 2.75) is 135 Å². The van der Waals surface area contributed by atoms with Crippen molar-refractivity contribution < 1.29 is 33.5 Å². The molecule has 4 N–H and O–H groups in total. The third-order valence-corrected chi connectivity index (χ3v) is 7.57. The molecule has 1 saturated carbocycles. The van der Waals surface area contributed by atoms with E-state index in [1.165, 1.54) is 4.90 Å². The first kappa shape index (κ1) is 42.2. The maximum atomic E-state index is 13.9. The Kier molecular flexibility index (Phi) is 18.4. The van der Waals surface area contributed by atoms with E-state index in [9.17, 15) is 28.8 Å². The number of amides is 5. The number of ketones is 1. The molecule has 0 aromatic carbocycles. The zero-order valence-corrected chi connectivity index (χ0v) is 30.4. The first-order valence-electron chi connectivity index (χ1n) is 16.4.